The van der Waals surface area contributed by atoms with Gasteiger partial charge in [-0.3, -0.25) is 4.79 Å². The number of nitrogens with one attached hydrogen (secondary N) is 1. The van der Waals surface area contributed by atoms with Crippen molar-refractivity contribution in [3.05, 3.63) is 58.1 Å². The number of rotatable bonds is 6. The Morgan fingerprint density at radius 3 is 2.61 bits per heavy atom. The van der Waals surface area contributed by atoms with Gasteiger partial charge >= 0.3 is 5.97 Å². The maximum absolute atomic E-state index is 12.2. The molecule has 10 heteroatoms. The van der Waals surface area contributed by atoms with Crippen molar-refractivity contribution in [1.82, 2.24) is 10.2 Å². The van der Waals surface area contributed by atoms with E-state index in [-0.39, 0.29) is 22.4 Å². The molecule has 2 aromatic carbocycles. The largest absolute Gasteiger partial charge is 0.465 e. The number of thioether (sulfide) groups is 1. The molecule has 3 aromatic rings. The predicted molar refractivity (Wildman–Crippen MR) is 107 cm³/mol. The molecule has 1 N–H and O–H groups in total. The van der Waals surface area contributed by atoms with E-state index in [4.69, 9.17) is 27.6 Å². The van der Waals surface area contributed by atoms with Crippen molar-refractivity contribution in [2.45, 2.75) is 5.22 Å². The van der Waals surface area contributed by atoms with E-state index in [1.54, 1.807) is 24.3 Å². The molecule has 0 radical (unpaired) electrons. The summed E-state index contributed by atoms with van der Waals surface area (Å²) in [4.78, 5) is 23.8. The van der Waals surface area contributed by atoms with Crippen LogP contribution in [-0.4, -0.2) is 34.9 Å². The lowest BCUT2D eigenvalue weighted by molar-refractivity contribution is -0.113. The van der Waals surface area contributed by atoms with Crippen LogP contribution in [0.4, 0.5) is 5.69 Å². The summed E-state index contributed by atoms with van der Waals surface area (Å²) in [5.74, 6) is -0.531. The standard InChI is InChI=1S/C18H13Cl2N3O4S/c1-26-17(25)11-4-7-13(20)14(8-11)21-15(24)9-28-18-23-22-16(27-18)10-2-5-12(19)6-3-10/h2-8H,9H2,1H3,(H,21,24). The van der Waals surface area contributed by atoms with E-state index in [2.05, 4.69) is 20.3 Å². The summed E-state index contributed by atoms with van der Waals surface area (Å²) in [5.41, 5.74) is 1.31. The van der Waals surface area contributed by atoms with Gasteiger partial charge in [-0.15, -0.1) is 10.2 Å². The Balaban J connectivity index is 1.61. The second-order valence-corrected chi connectivity index (χ2v) is 7.17. The second-order valence-electron chi connectivity index (χ2n) is 5.40. The van der Waals surface area contributed by atoms with Gasteiger partial charge < -0.3 is 14.5 Å². The van der Waals surface area contributed by atoms with Crippen molar-refractivity contribution in [2.75, 3.05) is 18.2 Å². The molecule has 0 bridgehead atoms. The molecule has 0 aliphatic rings. The number of anilines is 1. The van der Waals surface area contributed by atoms with Crippen LogP contribution < -0.4 is 5.32 Å². The van der Waals surface area contributed by atoms with Gasteiger partial charge in [-0.1, -0.05) is 35.0 Å². The van der Waals surface area contributed by atoms with Gasteiger partial charge in [0.15, 0.2) is 0 Å². The molecule has 1 heterocycles. The highest BCUT2D eigenvalue weighted by molar-refractivity contribution is 7.99. The van der Waals surface area contributed by atoms with E-state index >= 15 is 0 Å². The predicted octanol–water partition coefficient (Wildman–Crippen LogP) is 4.56. The third-order valence-corrected chi connectivity index (χ3v) is 4.89. The fraction of sp³-hybridized carbons (Fsp3) is 0.111. The van der Waals surface area contributed by atoms with Gasteiger partial charge in [-0.05, 0) is 42.5 Å². The van der Waals surface area contributed by atoms with Crippen molar-refractivity contribution >= 4 is 52.5 Å². The van der Waals surface area contributed by atoms with Gasteiger partial charge in [0.1, 0.15) is 0 Å². The zero-order valence-electron chi connectivity index (χ0n) is 14.4. The van der Waals surface area contributed by atoms with Crippen molar-refractivity contribution in [3.8, 4) is 11.5 Å². The van der Waals surface area contributed by atoms with Crippen LogP contribution in [0.3, 0.4) is 0 Å². The smallest absolute Gasteiger partial charge is 0.337 e. The molecule has 144 valence electrons. The van der Waals surface area contributed by atoms with Gasteiger partial charge in [-0.2, -0.15) is 0 Å². The zero-order valence-corrected chi connectivity index (χ0v) is 16.8. The van der Waals surface area contributed by atoms with Crippen LogP contribution >= 0.6 is 35.0 Å². The molecule has 0 aliphatic carbocycles. The first-order chi connectivity index (χ1) is 13.5. The Labute approximate surface area is 174 Å². The highest BCUT2D eigenvalue weighted by Gasteiger charge is 2.14. The number of carbonyl (C=O) groups excluding carboxylic acids is 2. The third kappa shape index (κ3) is 5.03. The van der Waals surface area contributed by atoms with E-state index in [1.807, 2.05) is 0 Å². The molecule has 0 aliphatic heterocycles. The maximum Gasteiger partial charge on any atom is 0.337 e. The summed E-state index contributed by atoms with van der Waals surface area (Å²) >= 11 is 13.0. The normalized spacial score (nSPS) is 10.5. The maximum atomic E-state index is 12.2. The molecule has 0 spiro atoms. The van der Waals surface area contributed by atoms with E-state index in [1.165, 1.54) is 25.3 Å². The first kappa shape index (κ1) is 20.2. The average molecular weight is 438 g/mol. The molecular weight excluding hydrogens is 425 g/mol. The van der Waals surface area contributed by atoms with Gasteiger partial charge in [0.25, 0.3) is 5.22 Å². The molecule has 28 heavy (non-hydrogen) atoms. The van der Waals surface area contributed by atoms with Crippen molar-refractivity contribution in [1.29, 1.82) is 0 Å². The third-order valence-electron chi connectivity index (χ3n) is 3.49. The molecule has 0 unspecified atom stereocenters. The number of ether oxygens (including phenoxy) is 1. The number of halogens is 2. The number of methoxy groups -OCH3 is 1. The van der Waals surface area contributed by atoms with Gasteiger partial charge in [0.05, 0.1) is 29.1 Å². The van der Waals surface area contributed by atoms with Gasteiger partial charge in [-0.25, -0.2) is 4.79 Å². The highest BCUT2D eigenvalue weighted by atomic mass is 35.5. The number of hydrogen-bond acceptors (Lipinski definition) is 7. The van der Waals surface area contributed by atoms with Crippen molar-refractivity contribution in [2.24, 2.45) is 0 Å². The van der Waals surface area contributed by atoms with Crippen LogP contribution in [0.15, 0.2) is 52.1 Å². The van der Waals surface area contributed by atoms with Crippen molar-refractivity contribution < 1.29 is 18.7 Å². The molecule has 0 saturated heterocycles. The van der Waals surface area contributed by atoms with Gasteiger partial charge in [0, 0.05) is 10.6 Å². The summed E-state index contributed by atoms with van der Waals surface area (Å²) in [7, 11) is 1.27. The summed E-state index contributed by atoms with van der Waals surface area (Å²) in [6, 6.07) is 11.4. The topological polar surface area (TPSA) is 94.3 Å². The quantitative estimate of drug-likeness (QED) is 0.445. The number of hydrogen-bond donors (Lipinski definition) is 1. The number of nitrogens with zero attached hydrogens (tertiary/aromatic N) is 2. The van der Waals surface area contributed by atoms with E-state index in [0.717, 1.165) is 17.3 Å². The van der Waals surface area contributed by atoms with E-state index < -0.39 is 5.97 Å². The van der Waals surface area contributed by atoms with Crippen LogP contribution in [0.5, 0.6) is 0 Å². The first-order valence-corrected chi connectivity index (χ1v) is 9.60. The molecule has 3 rings (SSSR count). The Hall–Kier alpha value is -2.55. The Morgan fingerprint density at radius 2 is 1.89 bits per heavy atom. The van der Waals surface area contributed by atoms with Crippen LogP contribution in [0.25, 0.3) is 11.5 Å². The fourth-order valence-corrected chi connectivity index (χ4v) is 3.01. The monoisotopic (exact) mass is 437 g/mol. The number of esters is 1. The number of aromatic nitrogens is 2. The lowest BCUT2D eigenvalue weighted by Crippen LogP contribution is -2.15. The zero-order chi connectivity index (χ0) is 20.1. The lowest BCUT2D eigenvalue weighted by Gasteiger charge is -2.08. The van der Waals surface area contributed by atoms with Crippen LogP contribution in [-0.2, 0) is 9.53 Å². The molecule has 1 aromatic heterocycles. The number of benzene rings is 2. The summed E-state index contributed by atoms with van der Waals surface area (Å²) in [6.07, 6.45) is 0. The molecule has 7 nitrogen and oxygen atoms in total. The van der Waals surface area contributed by atoms with E-state index in [0.29, 0.717) is 21.6 Å². The highest BCUT2D eigenvalue weighted by Crippen LogP contribution is 2.26. The Kier molecular flexibility index (Phi) is 6.56. The fourth-order valence-electron chi connectivity index (χ4n) is 2.16. The molecule has 1 amide bonds. The Bertz CT molecular complexity index is 1010. The number of amides is 1. The minimum atomic E-state index is -0.526. The van der Waals surface area contributed by atoms with E-state index in [9.17, 15) is 9.59 Å². The summed E-state index contributed by atoms with van der Waals surface area (Å²) < 4.78 is 10.2. The van der Waals surface area contributed by atoms with Crippen LogP contribution in [0, 0.1) is 0 Å². The lowest BCUT2D eigenvalue weighted by atomic mass is 10.2. The molecule has 0 fully saturated rings. The number of carbonyl (C=O) groups is 2. The SMILES string of the molecule is COC(=O)c1ccc(Cl)c(NC(=O)CSc2nnc(-c3ccc(Cl)cc3)o2)c1. The second kappa shape index (κ2) is 9.09. The van der Waals surface area contributed by atoms with Crippen molar-refractivity contribution in [3.63, 3.8) is 0 Å². The summed E-state index contributed by atoms with van der Waals surface area (Å²) in [6.45, 7) is 0. The van der Waals surface area contributed by atoms with Crippen LogP contribution in [0.2, 0.25) is 10.0 Å². The molecule has 0 atom stereocenters. The molecular formula is C18H13Cl2N3O4S. The van der Waals surface area contributed by atoms with Crippen LogP contribution in [0.1, 0.15) is 10.4 Å². The Morgan fingerprint density at radius 1 is 1.14 bits per heavy atom. The summed E-state index contributed by atoms with van der Waals surface area (Å²) in [5, 5.41) is 11.6. The minimum Gasteiger partial charge on any atom is -0.465 e. The minimum absolute atomic E-state index is 0.0149. The van der Waals surface area contributed by atoms with Gasteiger partial charge in [0.2, 0.25) is 11.8 Å². The first-order valence-electron chi connectivity index (χ1n) is 7.86. The molecule has 0 saturated carbocycles. The average Bonchev–Trinajstić information content (AvgIpc) is 3.17.